The number of hydrogen-bond donors (Lipinski definition) is 0. The van der Waals surface area contributed by atoms with E-state index in [-0.39, 0.29) is 22.8 Å². The lowest BCUT2D eigenvalue weighted by Gasteiger charge is -2.14. The van der Waals surface area contributed by atoms with Gasteiger partial charge in [0.05, 0.1) is 12.3 Å². The van der Waals surface area contributed by atoms with E-state index in [0.717, 1.165) is 16.4 Å². The van der Waals surface area contributed by atoms with Gasteiger partial charge in [0.25, 0.3) is 5.56 Å². The molecule has 0 bridgehead atoms. The number of halogens is 1. The molecule has 0 saturated heterocycles. The number of thiocyanates is 1. The fourth-order valence-corrected chi connectivity index (χ4v) is 3.30. The number of thioether (sulfide) groups is 1. The number of esters is 1. The average molecular weight is 412 g/mol. The first-order chi connectivity index (χ1) is 13.6. The summed E-state index contributed by atoms with van der Waals surface area (Å²) in [5, 5.41) is 16.3. The molecular formula is C20H14ClN3O3S. The van der Waals surface area contributed by atoms with Crippen molar-refractivity contribution in [2.75, 3.05) is 6.61 Å². The molecule has 140 valence electrons. The van der Waals surface area contributed by atoms with Crippen LogP contribution in [-0.4, -0.2) is 22.4 Å². The number of hydrogen-bond acceptors (Lipinski definition) is 6. The van der Waals surface area contributed by atoms with Crippen LogP contribution in [0.15, 0.2) is 64.4 Å². The normalized spacial score (nSPS) is 10.3. The minimum Gasteiger partial charge on any atom is -0.462 e. The number of nitrogens with zero attached hydrogens (tertiary/aromatic N) is 3. The molecule has 0 saturated carbocycles. The number of rotatable bonds is 5. The van der Waals surface area contributed by atoms with Crippen molar-refractivity contribution in [1.29, 1.82) is 5.26 Å². The zero-order valence-corrected chi connectivity index (χ0v) is 16.3. The summed E-state index contributed by atoms with van der Waals surface area (Å²) in [6.07, 6.45) is 0. The summed E-state index contributed by atoms with van der Waals surface area (Å²) in [5.74, 6) is -0.767. The molecule has 28 heavy (non-hydrogen) atoms. The Bertz CT molecular complexity index is 1110. The van der Waals surface area contributed by atoms with Gasteiger partial charge in [0, 0.05) is 22.3 Å². The summed E-state index contributed by atoms with van der Waals surface area (Å²) in [5.41, 5.74) is 0.481. The molecule has 1 heterocycles. The Morgan fingerprint density at radius 2 is 1.89 bits per heavy atom. The molecule has 0 N–H and O–H groups in total. The van der Waals surface area contributed by atoms with Gasteiger partial charge in [0.1, 0.15) is 16.0 Å². The molecule has 6 nitrogen and oxygen atoms in total. The Morgan fingerprint density at radius 1 is 1.21 bits per heavy atom. The van der Waals surface area contributed by atoms with Crippen LogP contribution in [0.5, 0.6) is 0 Å². The maximum absolute atomic E-state index is 13.2. The second kappa shape index (κ2) is 8.74. The lowest BCUT2D eigenvalue weighted by Crippen LogP contribution is -2.30. The first-order valence-corrected chi connectivity index (χ1v) is 9.48. The van der Waals surface area contributed by atoms with Crippen LogP contribution in [0.4, 0.5) is 0 Å². The molecule has 1 aromatic heterocycles. The van der Waals surface area contributed by atoms with Gasteiger partial charge in [-0.15, -0.1) is 0 Å². The van der Waals surface area contributed by atoms with E-state index in [1.807, 2.05) is 11.5 Å². The van der Waals surface area contributed by atoms with Gasteiger partial charge in [-0.3, -0.25) is 4.79 Å². The van der Waals surface area contributed by atoms with Crippen LogP contribution in [-0.2, 0) is 4.74 Å². The standard InChI is InChI=1S/C20H14ClN3O3S/c1-2-27-20(26)17-16(13-6-4-3-5-7-13)18(28-12-22)23-24(19(17)25)15-10-8-14(21)9-11-15/h3-11H,2H2,1H3. The summed E-state index contributed by atoms with van der Waals surface area (Å²) < 4.78 is 6.20. The minimum absolute atomic E-state index is 0.108. The second-order valence-corrected chi connectivity index (χ2v) is 6.74. The molecule has 3 rings (SSSR count). The SMILES string of the molecule is CCOC(=O)c1c(-c2ccccc2)c(SC#N)nn(-c2ccc(Cl)cc2)c1=O. The highest BCUT2D eigenvalue weighted by molar-refractivity contribution is 8.03. The number of nitriles is 1. The van der Waals surface area contributed by atoms with Gasteiger partial charge >= 0.3 is 5.97 Å². The van der Waals surface area contributed by atoms with Crippen molar-refractivity contribution in [2.24, 2.45) is 0 Å². The van der Waals surface area contributed by atoms with Crippen LogP contribution in [0, 0.1) is 10.7 Å². The van der Waals surface area contributed by atoms with Crippen LogP contribution in [0.1, 0.15) is 17.3 Å². The Labute approximate surface area is 170 Å². The van der Waals surface area contributed by atoms with Crippen molar-refractivity contribution in [3.63, 3.8) is 0 Å². The van der Waals surface area contributed by atoms with Gasteiger partial charge in [-0.1, -0.05) is 41.9 Å². The first-order valence-electron chi connectivity index (χ1n) is 8.28. The van der Waals surface area contributed by atoms with E-state index in [1.54, 1.807) is 55.5 Å². The lowest BCUT2D eigenvalue weighted by atomic mass is 10.0. The van der Waals surface area contributed by atoms with E-state index in [9.17, 15) is 14.9 Å². The monoisotopic (exact) mass is 411 g/mol. The van der Waals surface area contributed by atoms with Crippen LogP contribution in [0.2, 0.25) is 5.02 Å². The van der Waals surface area contributed by atoms with E-state index in [1.165, 1.54) is 0 Å². The van der Waals surface area contributed by atoms with Crippen molar-refractivity contribution >= 4 is 29.3 Å². The number of benzene rings is 2. The van der Waals surface area contributed by atoms with Gasteiger partial charge < -0.3 is 4.74 Å². The van der Waals surface area contributed by atoms with Gasteiger partial charge in [-0.2, -0.15) is 15.0 Å². The van der Waals surface area contributed by atoms with Crippen molar-refractivity contribution in [3.05, 3.63) is 75.5 Å². The van der Waals surface area contributed by atoms with Crippen LogP contribution < -0.4 is 5.56 Å². The van der Waals surface area contributed by atoms with Gasteiger partial charge in [-0.25, -0.2) is 4.79 Å². The highest BCUT2D eigenvalue weighted by Gasteiger charge is 2.26. The molecule has 3 aromatic rings. The average Bonchev–Trinajstić information content (AvgIpc) is 2.70. The third-order valence-corrected chi connectivity index (χ3v) is 4.64. The zero-order chi connectivity index (χ0) is 20.1. The van der Waals surface area contributed by atoms with Gasteiger partial charge in [0.2, 0.25) is 0 Å². The van der Waals surface area contributed by atoms with Crippen molar-refractivity contribution < 1.29 is 9.53 Å². The molecular weight excluding hydrogens is 398 g/mol. The first kappa shape index (κ1) is 19.7. The number of ether oxygens (including phenoxy) is 1. The fourth-order valence-electron chi connectivity index (χ4n) is 2.64. The van der Waals surface area contributed by atoms with Crippen molar-refractivity contribution in [1.82, 2.24) is 9.78 Å². The number of carbonyl (C=O) groups is 1. The van der Waals surface area contributed by atoms with E-state index < -0.39 is 11.5 Å². The summed E-state index contributed by atoms with van der Waals surface area (Å²) in [6.45, 7) is 1.76. The molecule has 0 fully saturated rings. The van der Waals surface area contributed by atoms with E-state index in [4.69, 9.17) is 16.3 Å². The Morgan fingerprint density at radius 3 is 2.50 bits per heavy atom. The summed E-state index contributed by atoms with van der Waals surface area (Å²) in [4.78, 5) is 25.9. The molecule has 0 aliphatic rings. The predicted octanol–water partition coefficient (Wildman–Crippen LogP) is 4.30. The largest absolute Gasteiger partial charge is 0.462 e. The third kappa shape index (κ3) is 3.93. The highest BCUT2D eigenvalue weighted by Crippen LogP contribution is 2.32. The van der Waals surface area contributed by atoms with E-state index >= 15 is 0 Å². The summed E-state index contributed by atoms with van der Waals surface area (Å²) in [6, 6.07) is 15.3. The minimum atomic E-state index is -0.767. The maximum atomic E-state index is 13.2. The summed E-state index contributed by atoms with van der Waals surface area (Å²) >= 11 is 6.69. The molecule has 8 heteroatoms. The Kier molecular flexibility index (Phi) is 6.14. The molecule has 0 atom stereocenters. The van der Waals surface area contributed by atoms with Crippen LogP contribution in [0.3, 0.4) is 0 Å². The Balaban J connectivity index is 2.37. The molecule has 0 spiro atoms. The van der Waals surface area contributed by atoms with Crippen LogP contribution in [0.25, 0.3) is 16.8 Å². The van der Waals surface area contributed by atoms with Gasteiger partial charge in [0.15, 0.2) is 0 Å². The topological polar surface area (TPSA) is 85.0 Å². The highest BCUT2D eigenvalue weighted by atomic mass is 35.5. The molecule has 2 aromatic carbocycles. The molecule has 0 aliphatic heterocycles. The van der Waals surface area contributed by atoms with Crippen LogP contribution >= 0.6 is 23.4 Å². The third-order valence-electron chi connectivity index (χ3n) is 3.82. The van der Waals surface area contributed by atoms with E-state index in [0.29, 0.717) is 16.3 Å². The lowest BCUT2D eigenvalue weighted by molar-refractivity contribution is 0.0524. The van der Waals surface area contributed by atoms with E-state index in [2.05, 4.69) is 5.10 Å². The molecule has 0 aliphatic carbocycles. The quantitative estimate of drug-likeness (QED) is 0.353. The second-order valence-electron chi connectivity index (χ2n) is 5.53. The maximum Gasteiger partial charge on any atom is 0.344 e. The zero-order valence-electron chi connectivity index (χ0n) is 14.8. The molecule has 0 unspecified atom stereocenters. The van der Waals surface area contributed by atoms with Crippen molar-refractivity contribution in [2.45, 2.75) is 11.9 Å². The molecule has 0 radical (unpaired) electrons. The number of carbonyl (C=O) groups excluding carboxylic acids is 1. The summed E-state index contributed by atoms with van der Waals surface area (Å²) in [7, 11) is 0. The number of aromatic nitrogens is 2. The fraction of sp³-hybridized carbons (Fsp3) is 0.100. The molecule has 0 amide bonds. The smallest absolute Gasteiger partial charge is 0.344 e. The van der Waals surface area contributed by atoms with Crippen molar-refractivity contribution in [3.8, 4) is 22.2 Å². The van der Waals surface area contributed by atoms with Gasteiger partial charge in [-0.05, 0) is 36.8 Å². The Hall–Kier alpha value is -3.08. The predicted molar refractivity (Wildman–Crippen MR) is 108 cm³/mol.